The number of benzene rings is 2. The van der Waals surface area contributed by atoms with Crippen LogP contribution in [0.2, 0.25) is 0 Å². The van der Waals surface area contributed by atoms with Crippen LogP contribution in [0.25, 0.3) is 33.5 Å². The van der Waals surface area contributed by atoms with E-state index in [4.69, 9.17) is 9.40 Å². The van der Waals surface area contributed by atoms with Gasteiger partial charge >= 0.3 is 0 Å². The Morgan fingerprint density at radius 3 is 2.63 bits per heavy atom. The van der Waals surface area contributed by atoms with Crippen LogP contribution in [-0.4, -0.2) is 9.55 Å². The second kappa shape index (κ2) is 6.22. The Kier molecular flexibility index (Phi) is 3.81. The summed E-state index contributed by atoms with van der Waals surface area (Å²) in [7, 11) is 2.18. The maximum atomic E-state index is 5.85. The SMILES string of the molecule is Cc1nc2c(-c3n(C4CCCCC4)c4ccccc4[n+]3C)c(C)ccc2o1. The van der Waals surface area contributed by atoms with Crippen LogP contribution >= 0.6 is 0 Å². The molecular formula is C23H26N3O+. The molecule has 2 aromatic carbocycles. The summed E-state index contributed by atoms with van der Waals surface area (Å²) in [5.74, 6) is 1.97. The Morgan fingerprint density at radius 1 is 1.04 bits per heavy atom. The summed E-state index contributed by atoms with van der Waals surface area (Å²) >= 11 is 0. The molecule has 0 unspecified atom stereocenters. The molecule has 138 valence electrons. The summed E-state index contributed by atoms with van der Waals surface area (Å²) in [4.78, 5) is 4.75. The van der Waals surface area contributed by atoms with Gasteiger partial charge in [0.15, 0.2) is 22.5 Å². The molecule has 27 heavy (non-hydrogen) atoms. The molecule has 0 saturated heterocycles. The summed E-state index contributed by atoms with van der Waals surface area (Å²) in [6.07, 6.45) is 6.48. The maximum absolute atomic E-state index is 5.85. The molecule has 2 aromatic heterocycles. The first-order valence-corrected chi connectivity index (χ1v) is 10.0. The van der Waals surface area contributed by atoms with Crippen LogP contribution in [-0.2, 0) is 7.05 Å². The molecule has 2 heterocycles. The number of imidazole rings is 1. The van der Waals surface area contributed by atoms with Crippen molar-refractivity contribution in [2.24, 2.45) is 7.05 Å². The number of hydrogen-bond acceptors (Lipinski definition) is 2. The zero-order valence-electron chi connectivity index (χ0n) is 16.3. The summed E-state index contributed by atoms with van der Waals surface area (Å²) in [6.45, 7) is 4.11. The van der Waals surface area contributed by atoms with Gasteiger partial charge in [-0.3, -0.25) is 0 Å². The van der Waals surface area contributed by atoms with E-state index in [1.807, 2.05) is 13.0 Å². The largest absolute Gasteiger partial charge is 0.441 e. The molecule has 0 aliphatic heterocycles. The zero-order chi connectivity index (χ0) is 18.5. The van der Waals surface area contributed by atoms with Crippen molar-refractivity contribution >= 4 is 22.1 Å². The zero-order valence-corrected chi connectivity index (χ0v) is 16.3. The van der Waals surface area contributed by atoms with E-state index >= 15 is 0 Å². The Morgan fingerprint density at radius 2 is 1.81 bits per heavy atom. The Hall–Kier alpha value is -2.62. The van der Waals surface area contributed by atoms with E-state index in [1.54, 1.807) is 0 Å². The Balaban J connectivity index is 1.89. The first-order chi connectivity index (χ1) is 13.1. The predicted octanol–water partition coefficient (Wildman–Crippen LogP) is 5.40. The number of fused-ring (bicyclic) bond motifs is 2. The molecule has 1 aliphatic carbocycles. The molecular weight excluding hydrogens is 334 g/mol. The van der Waals surface area contributed by atoms with Gasteiger partial charge in [-0.25, -0.2) is 14.1 Å². The van der Waals surface area contributed by atoms with Crippen LogP contribution < -0.4 is 4.57 Å². The average molecular weight is 360 g/mol. The van der Waals surface area contributed by atoms with Crippen LogP contribution in [0.15, 0.2) is 40.8 Å². The topological polar surface area (TPSA) is 34.8 Å². The second-order valence-electron chi connectivity index (χ2n) is 7.87. The van der Waals surface area contributed by atoms with Gasteiger partial charge in [0.05, 0.1) is 12.6 Å². The van der Waals surface area contributed by atoms with E-state index in [0.717, 1.165) is 17.0 Å². The number of aromatic nitrogens is 3. The summed E-state index contributed by atoms with van der Waals surface area (Å²) in [6, 6.07) is 13.5. The minimum atomic E-state index is 0.544. The average Bonchev–Trinajstić information content (AvgIpc) is 3.20. The van der Waals surface area contributed by atoms with Crippen LogP contribution in [0.1, 0.15) is 49.6 Å². The molecule has 0 amide bonds. The third-order valence-corrected chi connectivity index (χ3v) is 6.09. The molecule has 0 bridgehead atoms. The highest BCUT2D eigenvalue weighted by Crippen LogP contribution is 2.38. The van der Waals surface area contributed by atoms with E-state index in [9.17, 15) is 0 Å². The number of nitrogens with zero attached hydrogens (tertiary/aromatic N) is 3. The fraction of sp³-hybridized carbons (Fsp3) is 0.391. The van der Waals surface area contributed by atoms with Gasteiger partial charge < -0.3 is 4.42 Å². The maximum Gasteiger partial charge on any atom is 0.292 e. The molecule has 4 nitrogen and oxygen atoms in total. The molecule has 4 heteroatoms. The van der Waals surface area contributed by atoms with Crippen LogP contribution in [0.3, 0.4) is 0 Å². The van der Waals surface area contributed by atoms with Gasteiger partial charge in [-0.1, -0.05) is 24.6 Å². The van der Waals surface area contributed by atoms with Crippen LogP contribution in [0.4, 0.5) is 0 Å². The van der Waals surface area contributed by atoms with Gasteiger partial charge in [0.25, 0.3) is 5.82 Å². The number of aryl methyl sites for hydroxylation is 3. The molecule has 1 saturated carbocycles. The highest BCUT2D eigenvalue weighted by Gasteiger charge is 2.33. The lowest BCUT2D eigenvalue weighted by molar-refractivity contribution is -0.634. The van der Waals surface area contributed by atoms with E-state index in [1.165, 1.54) is 60.1 Å². The number of para-hydroxylation sites is 2. The van der Waals surface area contributed by atoms with E-state index in [2.05, 4.69) is 53.4 Å². The lowest BCUT2D eigenvalue weighted by Gasteiger charge is -2.21. The van der Waals surface area contributed by atoms with Crippen molar-refractivity contribution in [3.63, 3.8) is 0 Å². The summed E-state index contributed by atoms with van der Waals surface area (Å²) < 4.78 is 10.8. The first-order valence-electron chi connectivity index (χ1n) is 10.0. The van der Waals surface area contributed by atoms with Crippen molar-refractivity contribution in [2.75, 3.05) is 0 Å². The molecule has 0 spiro atoms. The molecule has 0 N–H and O–H groups in total. The van der Waals surface area contributed by atoms with E-state index < -0.39 is 0 Å². The van der Waals surface area contributed by atoms with E-state index in [-0.39, 0.29) is 0 Å². The monoisotopic (exact) mass is 360 g/mol. The quantitative estimate of drug-likeness (QED) is 0.449. The van der Waals surface area contributed by atoms with Crippen molar-refractivity contribution in [1.29, 1.82) is 0 Å². The molecule has 1 aliphatic rings. The van der Waals surface area contributed by atoms with Gasteiger partial charge in [0.1, 0.15) is 11.6 Å². The normalized spacial score (nSPS) is 15.8. The Bertz CT molecular complexity index is 1150. The number of rotatable bonds is 2. The fourth-order valence-electron chi connectivity index (χ4n) is 4.83. The highest BCUT2D eigenvalue weighted by molar-refractivity contribution is 5.92. The number of hydrogen-bond donors (Lipinski definition) is 0. The standard InChI is InChI=1S/C23H26N3O/c1-15-13-14-20-22(24-16(2)27-20)21(15)23-25(3)18-11-7-8-12-19(18)26(23)17-9-5-4-6-10-17/h7-8,11-14,17H,4-6,9-10H2,1-3H3/q+1. The number of oxazole rings is 1. The fourth-order valence-corrected chi connectivity index (χ4v) is 4.83. The van der Waals surface area contributed by atoms with Gasteiger partial charge in [-0.2, -0.15) is 0 Å². The van der Waals surface area contributed by atoms with Crippen molar-refractivity contribution in [2.45, 2.75) is 52.0 Å². The summed E-state index contributed by atoms with van der Waals surface area (Å²) in [5, 5.41) is 0. The minimum absolute atomic E-state index is 0.544. The molecule has 1 fully saturated rings. The third-order valence-electron chi connectivity index (χ3n) is 6.09. The third kappa shape index (κ3) is 2.50. The Labute approximate surface area is 159 Å². The van der Waals surface area contributed by atoms with Crippen LogP contribution in [0, 0.1) is 13.8 Å². The van der Waals surface area contributed by atoms with Crippen LogP contribution in [0.5, 0.6) is 0 Å². The minimum Gasteiger partial charge on any atom is -0.441 e. The lowest BCUT2D eigenvalue weighted by Crippen LogP contribution is -2.31. The van der Waals surface area contributed by atoms with Gasteiger partial charge in [0.2, 0.25) is 0 Å². The van der Waals surface area contributed by atoms with Crippen molar-refractivity contribution in [3.8, 4) is 11.4 Å². The van der Waals surface area contributed by atoms with E-state index in [0.29, 0.717) is 6.04 Å². The highest BCUT2D eigenvalue weighted by atomic mass is 16.3. The van der Waals surface area contributed by atoms with Crippen molar-refractivity contribution in [1.82, 2.24) is 9.55 Å². The predicted molar refractivity (Wildman–Crippen MR) is 108 cm³/mol. The van der Waals surface area contributed by atoms with Gasteiger partial charge in [0, 0.05) is 6.92 Å². The molecule has 5 rings (SSSR count). The first kappa shape index (κ1) is 16.5. The van der Waals surface area contributed by atoms with Crippen molar-refractivity contribution < 1.29 is 8.98 Å². The second-order valence-corrected chi connectivity index (χ2v) is 7.87. The smallest absolute Gasteiger partial charge is 0.292 e. The van der Waals surface area contributed by atoms with Gasteiger partial charge in [-0.05, 0) is 56.4 Å². The lowest BCUT2D eigenvalue weighted by atomic mass is 9.94. The molecule has 0 atom stereocenters. The summed E-state index contributed by atoms with van der Waals surface area (Å²) in [5.41, 5.74) is 6.88. The van der Waals surface area contributed by atoms with Crippen molar-refractivity contribution in [3.05, 3.63) is 47.9 Å². The molecule has 4 aromatic rings. The molecule has 0 radical (unpaired) electrons. The van der Waals surface area contributed by atoms with Gasteiger partial charge in [-0.15, -0.1) is 0 Å².